The summed E-state index contributed by atoms with van der Waals surface area (Å²) in [7, 11) is 1.85. The molecule has 1 aromatic rings. The number of benzene rings is 1. The maximum absolute atomic E-state index is 4.30. The summed E-state index contributed by atoms with van der Waals surface area (Å²) in [5.74, 6) is 1.68. The van der Waals surface area contributed by atoms with Crippen LogP contribution in [0.1, 0.15) is 31.7 Å². The molecule has 1 aliphatic rings. The minimum atomic E-state index is 0.732. The summed E-state index contributed by atoms with van der Waals surface area (Å²) < 4.78 is 0. The molecule has 0 radical (unpaired) electrons. The first kappa shape index (κ1) is 17.8. The van der Waals surface area contributed by atoms with Crippen LogP contribution >= 0.6 is 0 Å². The van der Waals surface area contributed by atoms with E-state index < -0.39 is 0 Å². The molecule has 128 valence electrons. The standard InChI is InChI=1S/C19H32N4/c1-3-4-12-21-19(20-2)22-15-18-11-14-23(16-18)13-10-17-8-6-5-7-9-17/h5-9,18H,3-4,10-16H2,1-2H3,(H2,20,21,22). The lowest BCUT2D eigenvalue weighted by molar-refractivity contribution is 0.328. The number of rotatable bonds is 8. The van der Waals surface area contributed by atoms with E-state index in [9.17, 15) is 0 Å². The SMILES string of the molecule is CCCCNC(=NC)NCC1CCN(CCc2ccccc2)C1. The maximum atomic E-state index is 4.30. The van der Waals surface area contributed by atoms with E-state index in [4.69, 9.17) is 0 Å². The van der Waals surface area contributed by atoms with Gasteiger partial charge in [-0.25, -0.2) is 0 Å². The number of nitrogens with one attached hydrogen (secondary N) is 2. The van der Waals surface area contributed by atoms with Crippen LogP contribution in [0.25, 0.3) is 0 Å². The summed E-state index contributed by atoms with van der Waals surface area (Å²) in [5.41, 5.74) is 1.44. The zero-order valence-corrected chi connectivity index (χ0v) is 14.7. The molecule has 1 heterocycles. The number of unbranched alkanes of at least 4 members (excludes halogenated alkanes) is 1. The normalized spacial score (nSPS) is 19.0. The van der Waals surface area contributed by atoms with Crippen molar-refractivity contribution in [3.63, 3.8) is 0 Å². The van der Waals surface area contributed by atoms with Gasteiger partial charge in [0.2, 0.25) is 0 Å². The van der Waals surface area contributed by atoms with Gasteiger partial charge in [0.05, 0.1) is 0 Å². The van der Waals surface area contributed by atoms with E-state index in [0.717, 1.165) is 31.4 Å². The van der Waals surface area contributed by atoms with E-state index >= 15 is 0 Å². The van der Waals surface area contributed by atoms with Crippen LogP contribution in [-0.4, -0.2) is 50.6 Å². The largest absolute Gasteiger partial charge is 0.356 e. The Labute approximate surface area is 141 Å². The minimum absolute atomic E-state index is 0.732. The number of guanidine groups is 1. The predicted octanol–water partition coefficient (Wildman–Crippen LogP) is 2.52. The number of nitrogens with zero attached hydrogens (tertiary/aromatic N) is 2. The monoisotopic (exact) mass is 316 g/mol. The van der Waals surface area contributed by atoms with Crippen LogP contribution in [-0.2, 0) is 6.42 Å². The third kappa shape index (κ3) is 6.61. The summed E-state index contributed by atoms with van der Waals surface area (Å²) in [6, 6.07) is 10.8. The molecule has 0 aromatic heterocycles. The molecule has 0 amide bonds. The van der Waals surface area contributed by atoms with Crippen molar-refractivity contribution in [1.29, 1.82) is 0 Å². The zero-order chi connectivity index (χ0) is 16.3. The first-order valence-electron chi connectivity index (χ1n) is 9.02. The molecule has 4 heteroatoms. The van der Waals surface area contributed by atoms with Crippen molar-refractivity contribution < 1.29 is 0 Å². The fourth-order valence-corrected chi connectivity index (χ4v) is 3.06. The topological polar surface area (TPSA) is 39.7 Å². The van der Waals surface area contributed by atoms with Crippen molar-refractivity contribution in [3.05, 3.63) is 35.9 Å². The highest BCUT2D eigenvalue weighted by atomic mass is 15.2. The summed E-state index contributed by atoms with van der Waals surface area (Å²) >= 11 is 0. The highest BCUT2D eigenvalue weighted by Gasteiger charge is 2.22. The van der Waals surface area contributed by atoms with Crippen LogP contribution < -0.4 is 10.6 Å². The van der Waals surface area contributed by atoms with E-state index in [1.165, 1.54) is 44.5 Å². The molecule has 2 N–H and O–H groups in total. The summed E-state index contributed by atoms with van der Waals surface area (Å²) in [6.45, 7) is 7.83. The molecule has 1 aliphatic heterocycles. The van der Waals surface area contributed by atoms with Crippen LogP contribution in [0.4, 0.5) is 0 Å². The van der Waals surface area contributed by atoms with Gasteiger partial charge in [0.25, 0.3) is 0 Å². The van der Waals surface area contributed by atoms with Gasteiger partial charge in [-0.1, -0.05) is 43.7 Å². The van der Waals surface area contributed by atoms with Gasteiger partial charge < -0.3 is 15.5 Å². The Hall–Kier alpha value is -1.55. The lowest BCUT2D eigenvalue weighted by atomic mass is 10.1. The van der Waals surface area contributed by atoms with Gasteiger partial charge in [0, 0.05) is 33.2 Å². The van der Waals surface area contributed by atoms with Gasteiger partial charge in [-0.15, -0.1) is 0 Å². The molecule has 1 aromatic carbocycles. The first-order chi connectivity index (χ1) is 11.3. The van der Waals surface area contributed by atoms with Gasteiger partial charge >= 0.3 is 0 Å². The second-order valence-electron chi connectivity index (χ2n) is 6.42. The first-order valence-corrected chi connectivity index (χ1v) is 9.02. The van der Waals surface area contributed by atoms with Crippen molar-refractivity contribution in [2.45, 2.75) is 32.6 Å². The van der Waals surface area contributed by atoms with Crippen molar-refractivity contribution >= 4 is 5.96 Å². The van der Waals surface area contributed by atoms with Crippen LogP contribution in [0.3, 0.4) is 0 Å². The number of aliphatic imine (C=N–C) groups is 1. The maximum Gasteiger partial charge on any atom is 0.190 e. The number of hydrogen-bond acceptors (Lipinski definition) is 2. The van der Waals surface area contributed by atoms with Crippen molar-refractivity contribution in [2.24, 2.45) is 10.9 Å². The second-order valence-corrected chi connectivity index (χ2v) is 6.42. The predicted molar refractivity (Wildman–Crippen MR) is 99.0 cm³/mol. The average Bonchev–Trinajstić information content (AvgIpc) is 3.05. The van der Waals surface area contributed by atoms with Gasteiger partial charge in [-0.05, 0) is 37.3 Å². The van der Waals surface area contributed by atoms with Gasteiger partial charge in [0.1, 0.15) is 0 Å². The Morgan fingerprint density at radius 1 is 1.26 bits per heavy atom. The molecule has 0 aliphatic carbocycles. The Balaban J connectivity index is 1.63. The fraction of sp³-hybridized carbons (Fsp3) is 0.632. The van der Waals surface area contributed by atoms with Crippen LogP contribution in [0.15, 0.2) is 35.3 Å². The Kier molecular flexibility index (Phi) is 7.95. The summed E-state index contributed by atoms with van der Waals surface area (Å²) in [5, 5.41) is 6.85. The number of hydrogen-bond donors (Lipinski definition) is 2. The second kappa shape index (κ2) is 10.3. The van der Waals surface area contributed by atoms with Gasteiger partial charge in [-0.3, -0.25) is 4.99 Å². The Bertz CT molecular complexity index is 458. The van der Waals surface area contributed by atoms with Crippen LogP contribution in [0, 0.1) is 5.92 Å². The molecule has 1 fully saturated rings. The smallest absolute Gasteiger partial charge is 0.190 e. The highest BCUT2D eigenvalue weighted by molar-refractivity contribution is 5.79. The van der Waals surface area contributed by atoms with Crippen LogP contribution in [0.2, 0.25) is 0 Å². The lowest BCUT2D eigenvalue weighted by Crippen LogP contribution is -2.40. The molecule has 1 atom stereocenters. The minimum Gasteiger partial charge on any atom is -0.356 e. The van der Waals surface area contributed by atoms with E-state index in [-0.39, 0.29) is 0 Å². The molecule has 0 spiro atoms. The average molecular weight is 316 g/mol. The molecule has 0 bridgehead atoms. The summed E-state index contributed by atoms with van der Waals surface area (Å²) in [6.07, 6.45) is 4.84. The van der Waals surface area contributed by atoms with Crippen molar-refractivity contribution in [2.75, 3.05) is 39.8 Å². The van der Waals surface area contributed by atoms with E-state index in [1.54, 1.807) is 0 Å². The van der Waals surface area contributed by atoms with E-state index in [0.29, 0.717) is 0 Å². The number of likely N-dealkylation sites (tertiary alicyclic amines) is 1. The molecule has 2 rings (SSSR count). The molecule has 4 nitrogen and oxygen atoms in total. The summed E-state index contributed by atoms with van der Waals surface area (Å²) in [4.78, 5) is 6.89. The lowest BCUT2D eigenvalue weighted by Gasteiger charge is -2.17. The molecule has 23 heavy (non-hydrogen) atoms. The van der Waals surface area contributed by atoms with Gasteiger partial charge in [0.15, 0.2) is 5.96 Å². The molecule has 0 saturated carbocycles. The fourth-order valence-electron chi connectivity index (χ4n) is 3.06. The molecular weight excluding hydrogens is 284 g/mol. The van der Waals surface area contributed by atoms with Crippen LogP contribution in [0.5, 0.6) is 0 Å². The van der Waals surface area contributed by atoms with Gasteiger partial charge in [-0.2, -0.15) is 0 Å². The quantitative estimate of drug-likeness (QED) is 0.440. The van der Waals surface area contributed by atoms with E-state index in [2.05, 4.69) is 57.8 Å². The van der Waals surface area contributed by atoms with Crippen molar-refractivity contribution in [1.82, 2.24) is 15.5 Å². The zero-order valence-electron chi connectivity index (χ0n) is 14.7. The highest BCUT2D eigenvalue weighted by Crippen LogP contribution is 2.15. The molecular formula is C19H32N4. The molecule has 1 saturated heterocycles. The van der Waals surface area contributed by atoms with E-state index in [1.807, 2.05) is 7.05 Å². The Morgan fingerprint density at radius 3 is 2.83 bits per heavy atom. The molecule has 1 unspecified atom stereocenters. The Morgan fingerprint density at radius 2 is 2.09 bits per heavy atom. The third-order valence-electron chi connectivity index (χ3n) is 4.53. The van der Waals surface area contributed by atoms with Crippen molar-refractivity contribution in [3.8, 4) is 0 Å². The third-order valence-corrected chi connectivity index (χ3v) is 4.53.